The smallest absolute Gasteiger partial charge is 0.254 e. The number of aromatic nitrogens is 1. The molecule has 1 amide bonds. The van der Waals surface area contributed by atoms with Crippen molar-refractivity contribution < 1.29 is 4.79 Å². The zero-order chi connectivity index (χ0) is 18.0. The SMILES string of the molecule is CN/C=C(\C=N)c1nc(NC2CCCCC2N)c(C)c2c1C(=O)NC2. The normalized spacial score (nSPS) is 23.0. The number of anilines is 1. The highest BCUT2D eigenvalue weighted by molar-refractivity contribution is 6.13. The molecule has 1 aliphatic carbocycles. The lowest BCUT2D eigenvalue weighted by molar-refractivity contribution is 0.0965. The van der Waals surface area contributed by atoms with Gasteiger partial charge in [-0.15, -0.1) is 0 Å². The van der Waals surface area contributed by atoms with Gasteiger partial charge in [0, 0.05) is 43.7 Å². The quantitative estimate of drug-likeness (QED) is 0.520. The summed E-state index contributed by atoms with van der Waals surface area (Å²) >= 11 is 0. The molecule has 1 aliphatic heterocycles. The Labute approximate surface area is 148 Å². The Morgan fingerprint density at radius 2 is 2.16 bits per heavy atom. The van der Waals surface area contributed by atoms with Crippen molar-refractivity contribution in [2.24, 2.45) is 5.73 Å². The largest absolute Gasteiger partial charge is 0.393 e. The second kappa shape index (κ2) is 7.23. The van der Waals surface area contributed by atoms with Crippen molar-refractivity contribution in [3.63, 3.8) is 0 Å². The molecule has 2 aliphatic rings. The first-order chi connectivity index (χ1) is 12.1. The summed E-state index contributed by atoms with van der Waals surface area (Å²) in [5.41, 5.74) is 9.87. The molecule has 7 nitrogen and oxygen atoms in total. The molecule has 7 heteroatoms. The van der Waals surface area contributed by atoms with Crippen LogP contribution < -0.4 is 21.7 Å². The topological polar surface area (TPSA) is 116 Å². The number of nitrogens with zero attached hydrogens (tertiary/aromatic N) is 1. The summed E-state index contributed by atoms with van der Waals surface area (Å²) in [5.74, 6) is 0.627. The van der Waals surface area contributed by atoms with Crippen LogP contribution in [0.2, 0.25) is 0 Å². The molecule has 1 fully saturated rings. The summed E-state index contributed by atoms with van der Waals surface area (Å²) in [4.78, 5) is 17.0. The highest BCUT2D eigenvalue weighted by Gasteiger charge is 2.30. The average Bonchev–Trinajstić information content (AvgIpc) is 3.00. The van der Waals surface area contributed by atoms with Crippen LogP contribution in [0.1, 0.15) is 52.9 Å². The molecule has 1 aromatic heterocycles. The summed E-state index contributed by atoms with van der Waals surface area (Å²) in [6, 6.07) is 0.300. The van der Waals surface area contributed by atoms with Crippen LogP contribution in [0.25, 0.3) is 5.57 Å². The molecule has 1 aromatic rings. The van der Waals surface area contributed by atoms with Gasteiger partial charge in [0.2, 0.25) is 0 Å². The van der Waals surface area contributed by atoms with Crippen LogP contribution in [0.15, 0.2) is 6.20 Å². The van der Waals surface area contributed by atoms with Gasteiger partial charge in [0.15, 0.2) is 0 Å². The maximum atomic E-state index is 12.3. The van der Waals surface area contributed by atoms with Crippen molar-refractivity contribution in [3.05, 3.63) is 28.6 Å². The van der Waals surface area contributed by atoms with Crippen LogP contribution in [0.3, 0.4) is 0 Å². The van der Waals surface area contributed by atoms with Crippen molar-refractivity contribution in [2.45, 2.75) is 51.2 Å². The van der Waals surface area contributed by atoms with Crippen LogP contribution in [0.5, 0.6) is 0 Å². The van der Waals surface area contributed by atoms with E-state index in [-0.39, 0.29) is 18.0 Å². The minimum Gasteiger partial charge on any atom is -0.393 e. The van der Waals surface area contributed by atoms with Crippen molar-refractivity contribution in [1.29, 1.82) is 5.41 Å². The van der Waals surface area contributed by atoms with E-state index in [0.29, 0.717) is 23.4 Å². The number of nitrogens with one attached hydrogen (secondary N) is 4. The predicted molar refractivity (Wildman–Crippen MR) is 99.8 cm³/mol. The summed E-state index contributed by atoms with van der Waals surface area (Å²) < 4.78 is 0. The summed E-state index contributed by atoms with van der Waals surface area (Å²) in [6.45, 7) is 2.48. The van der Waals surface area contributed by atoms with E-state index in [9.17, 15) is 4.79 Å². The lowest BCUT2D eigenvalue weighted by atomic mass is 9.90. The zero-order valence-corrected chi connectivity index (χ0v) is 14.8. The average molecular weight is 342 g/mol. The summed E-state index contributed by atoms with van der Waals surface area (Å²) in [6.07, 6.45) is 7.27. The molecule has 2 atom stereocenters. The number of carbonyl (C=O) groups is 1. The Hall–Kier alpha value is -2.41. The van der Waals surface area contributed by atoms with Crippen LogP contribution >= 0.6 is 0 Å². The molecule has 0 aromatic carbocycles. The number of carbonyl (C=O) groups excluding carboxylic acids is 1. The molecule has 0 saturated heterocycles. The molecule has 0 bridgehead atoms. The Kier molecular flexibility index (Phi) is 5.03. The van der Waals surface area contributed by atoms with E-state index in [1.807, 2.05) is 6.92 Å². The summed E-state index contributed by atoms with van der Waals surface area (Å²) in [7, 11) is 1.76. The Balaban J connectivity index is 2.06. The van der Waals surface area contributed by atoms with Crippen molar-refractivity contribution in [3.8, 4) is 0 Å². The van der Waals surface area contributed by atoms with E-state index in [2.05, 4.69) is 16.0 Å². The van der Waals surface area contributed by atoms with Crippen LogP contribution in [-0.4, -0.2) is 36.2 Å². The third-order valence-electron chi connectivity index (χ3n) is 5.09. The molecule has 2 unspecified atom stereocenters. The molecule has 6 N–H and O–H groups in total. The Morgan fingerprint density at radius 3 is 2.84 bits per heavy atom. The molecular formula is C18H26N6O. The predicted octanol–water partition coefficient (Wildman–Crippen LogP) is 1.53. The Bertz CT molecular complexity index is 727. The third-order valence-corrected chi connectivity index (χ3v) is 5.09. The van der Waals surface area contributed by atoms with Gasteiger partial charge in [0.05, 0.1) is 11.3 Å². The number of nitrogens with two attached hydrogens (primary N) is 1. The van der Waals surface area contributed by atoms with Gasteiger partial charge in [0.1, 0.15) is 5.82 Å². The van der Waals surface area contributed by atoms with Gasteiger partial charge in [-0.05, 0) is 30.9 Å². The van der Waals surface area contributed by atoms with Gasteiger partial charge in [-0.2, -0.15) is 0 Å². The number of hydrogen-bond acceptors (Lipinski definition) is 6. The molecule has 3 rings (SSSR count). The minimum atomic E-state index is -0.134. The van der Waals surface area contributed by atoms with Gasteiger partial charge in [0.25, 0.3) is 5.91 Å². The van der Waals surface area contributed by atoms with E-state index in [4.69, 9.17) is 16.1 Å². The maximum Gasteiger partial charge on any atom is 0.254 e. The fraction of sp³-hybridized carbons (Fsp3) is 0.500. The zero-order valence-electron chi connectivity index (χ0n) is 14.8. The number of pyridine rings is 1. The Morgan fingerprint density at radius 1 is 1.40 bits per heavy atom. The second-order valence-corrected chi connectivity index (χ2v) is 6.70. The van der Waals surface area contributed by atoms with E-state index < -0.39 is 0 Å². The highest BCUT2D eigenvalue weighted by atomic mass is 16.1. The van der Waals surface area contributed by atoms with Gasteiger partial charge in [-0.1, -0.05) is 12.8 Å². The fourth-order valence-electron chi connectivity index (χ4n) is 3.65. The number of hydrogen-bond donors (Lipinski definition) is 5. The van der Waals surface area contributed by atoms with Gasteiger partial charge in [-0.25, -0.2) is 4.98 Å². The standard InChI is InChI=1S/C18H26N6O/c1-10-12-9-22-18(25)15(12)16(11(7-19)8-21-2)24-17(10)23-14-6-4-3-5-13(14)20/h7-8,13-14,19,21H,3-6,9,20H2,1-2H3,(H,22,25)(H,23,24)/b11-8+,19-7?. The monoisotopic (exact) mass is 342 g/mol. The molecule has 0 radical (unpaired) electrons. The lowest BCUT2D eigenvalue weighted by Gasteiger charge is -2.30. The molecule has 2 heterocycles. The lowest BCUT2D eigenvalue weighted by Crippen LogP contribution is -2.43. The van der Waals surface area contributed by atoms with Crippen LogP contribution in [0, 0.1) is 12.3 Å². The van der Waals surface area contributed by atoms with Gasteiger partial charge >= 0.3 is 0 Å². The first kappa shape index (κ1) is 17.4. The first-order valence-electron chi connectivity index (χ1n) is 8.78. The number of amides is 1. The van der Waals surface area contributed by atoms with Crippen LogP contribution in [0.4, 0.5) is 5.82 Å². The van der Waals surface area contributed by atoms with Gasteiger partial charge < -0.3 is 27.1 Å². The van der Waals surface area contributed by atoms with E-state index in [1.165, 1.54) is 12.6 Å². The second-order valence-electron chi connectivity index (χ2n) is 6.70. The van der Waals surface area contributed by atoms with Crippen molar-refractivity contribution in [1.82, 2.24) is 15.6 Å². The molecule has 0 spiro atoms. The third kappa shape index (κ3) is 3.24. The molecule has 134 valence electrons. The molecule has 1 saturated carbocycles. The summed E-state index contributed by atoms with van der Waals surface area (Å²) in [5, 5.41) is 17.0. The van der Waals surface area contributed by atoms with Crippen molar-refractivity contribution in [2.75, 3.05) is 12.4 Å². The molecule has 25 heavy (non-hydrogen) atoms. The number of allylic oxidation sites excluding steroid dienone is 1. The van der Waals surface area contributed by atoms with E-state index >= 15 is 0 Å². The first-order valence-corrected chi connectivity index (χ1v) is 8.78. The van der Waals surface area contributed by atoms with E-state index in [0.717, 1.165) is 36.2 Å². The number of fused-ring (bicyclic) bond motifs is 1. The highest BCUT2D eigenvalue weighted by Crippen LogP contribution is 2.31. The number of rotatable bonds is 5. The van der Waals surface area contributed by atoms with Crippen LogP contribution in [-0.2, 0) is 6.54 Å². The van der Waals surface area contributed by atoms with Crippen molar-refractivity contribution >= 4 is 23.5 Å². The maximum absolute atomic E-state index is 12.3. The van der Waals surface area contributed by atoms with E-state index in [1.54, 1.807) is 13.2 Å². The molecular weight excluding hydrogens is 316 g/mol. The minimum absolute atomic E-state index is 0.112. The van der Waals surface area contributed by atoms with Gasteiger partial charge in [-0.3, -0.25) is 4.79 Å². The fourth-order valence-corrected chi connectivity index (χ4v) is 3.65.